The first-order valence-electron chi connectivity index (χ1n) is 6.79. The quantitative estimate of drug-likeness (QED) is 0.694. The van der Waals surface area contributed by atoms with Crippen LogP contribution in [-0.2, 0) is 11.2 Å². The number of carbonyl (C=O) groups excluding carboxylic acids is 1. The summed E-state index contributed by atoms with van der Waals surface area (Å²) < 4.78 is 0. The number of hydrogen-bond donors (Lipinski definition) is 2. The van der Waals surface area contributed by atoms with Gasteiger partial charge < -0.3 is 10.6 Å². The van der Waals surface area contributed by atoms with Crippen LogP contribution in [0.4, 0.5) is 5.69 Å². The highest BCUT2D eigenvalue weighted by Gasteiger charge is 2.01. The first-order valence-corrected chi connectivity index (χ1v) is 6.79. The summed E-state index contributed by atoms with van der Waals surface area (Å²) in [5.74, 6) is 0.0584. The van der Waals surface area contributed by atoms with Crippen LogP contribution < -0.4 is 10.6 Å². The molecule has 0 unspecified atom stereocenters. The summed E-state index contributed by atoms with van der Waals surface area (Å²) in [7, 11) is 1.85. The lowest BCUT2D eigenvalue weighted by Crippen LogP contribution is -2.18. The topological polar surface area (TPSA) is 41.1 Å². The molecule has 0 aliphatic heterocycles. The van der Waals surface area contributed by atoms with Gasteiger partial charge in [0.25, 0.3) is 0 Å². The molecule has 3 nitrogen and oxygen atoms in total. The summed E-state index contributed by atoms with van der Waals surface area (Å²) in [6.07, 6.45) is 5.41. The molecule has 0 saturated heterocycles. The van der Waals surface area contributed by atoms with E-state index in [1.165, 1.54) is 24.8 Å². The third-order valence-electron chi connectivity index (χ3n) is 2.91. The van der Waals surface area contributed by atoms with Gasteiger partial charge in [0, 0.05) is 18.7 Å². The molecular formula is C15H24N2O. The second kappa shape index (κ2) is 8.70. The van der Waals surface area contributed by atoms with E-state index in [0.29, 0.717) is 13.0 Å². The molecule has 100 valence electrons. The van der Waals surface area contributed by atoms with Crippen molar-refractivity contribution in [1.82, 2.24) is 5.32 Å². The number of nitrogens with one attached hydrogen (secondary N) is 2. The van der Waals surface area contributed by atoms with Gasteiger partial charge in [-0.2, -0.15) is 0 Å². The van der Waals surface area contributed by atoms with Crippen molar-refractivity contribution in [2.45, 2.75) is 39.0 Å². The minimum atomic E-state index is 0.0584. The largest absolute Gasteiger partial charge is 0.326 e. The van der Waals surface area contributed by atoms with Gasteiger partial charge in [-0.05, 0) is 37.6 Å². The number of hydrogen-bond acceptors (Lipinski definition) is 2. The molecular weight excluding hydrogens is 224 g/mol. The lowest BCUT2D eigenvalue weighted by molar-refractivity contribution is -0.116. The van der Waals surface area contributed by atoms with Crippen LogP contribution >= 0.6 is 0 Å². The Kier molecular flexibility index (Phi) is 7.11. The van der Waals surface area contributed by atoms with Crippen molar-refractivity contribution in [2.24, 2.45) is 0 Å². The minimum Gasteiger partial charge on any atom is -0.326 e. The van der Waals surface area contributed by atoms with E-state index >= 15 is 0 Å². The molecule has 18 heavy (non-hydrogen) atoms. The molecule has 0 spiro atoms. The van der Waals surface area contributed by atoms with Gasteiger partial charge in [-0.3, -0.25) is 4.79 Å². The van der Waals surface area contributed by atoms with E-state index in [1.54, 1.807) is 0 Å². The van der Waals surface area contributed by atoms with Crippen LogP contribution in [0.5, 0.6) is 0 Å². The number of rotatable bonds is 8. The highest BCUT2D eigenvalue weighted by atomic mass is 16.1. The van der Waals surface area contributed by atoms with Gasteiger partial charge in [-0.1, -0.05) is 31.9 Å². The highest BCUT2D eigenvalue weighted by Crippen LogP contribution is 2.12. The third kappa shape index (κ3) is 5.82. The minimum absolute atomic E-state index is 0.0584. The molecule has 0 heterocycles. The Morgan fingerprint density at radius 2 is 1.89 bits per heavy atom. The van der Waals surface area contributed by atoms with Crippen molar-refractivity contribution in [1.29, 1.82) is 0 Å². The van der Waals surface area contributed by atoms with E-state index in [1.807, 2.05) is 19.2 Å². The molecule has 0 aromatic heterocycles. The molecule has 1 rings (SSSR count). The maximum absolute atomic E-state index is 11.5. The summed E-state index contributed by atoms with van der Waals surface area (Å²) in [6.45, 7) is 2.92. The molecule has 0 aliphatic carbocycles. The van der Waals surface area contributed by atoms with Crippen molar-refractivity contribution in [3.05, 3.63) is 29.8 Å². The van der Waals surface area contributed by atoms with Gasteiger partial charge in [-0.25, -0.2) is 0 Å². The molecule has 2 N–H and O–H groups in total. The van der Waals surface area contributed by atoms with Crippen molar-refractivity contribution in [3.63, 3.8) is 0 Å². The summed E-state index contributed by atoms with van der Waals surface area (Å²) in [6, 6.07) is 8.17. The summed E-state index contributed by atoms with van der Waals surface area (Å²) in [5, 5.41) is 5.85. The van der Waals surface area contributed by atoms with Crippen LogP contribution in [0, 0.1) is 0 Å². The number of aryl methyl sites for hydroxylation is 1. The molecule has 1 aromatic carbocycles. The predicted molar refractivity (Wildman–Crippen MR) is 76.8 cm³/mol. The monoisotopic (exact) mass is 248 g/mol. The van der Waals surface area contributed by atoms with Crippen LogP contribution in [0.1, 0.15) is 38.2 Å². The first kappa shape index (κ1) is 14.7. The van der Waals surface area contributed by atoms with E-state index in [2.05, 4.69) is 29.7 Å². The van der Waals surface area contributed by atoms with Gasteiger partial charge in [0.1, 0.15) is 0 Å². The van der Waals surface area contributed by atoms with Gasteiger partial charge in [0.05, 0.1) is 0 Å². The zero-order chi connectivity index (χ0) is 13.2. The van der Waals surface area contributed by atoms with Crippen molar-refractivity contribution < 1.29 is 4.79 Å². The molecule has 1 amide bonds. The Labute approximate surface area is 110 Å². The van der Waals surface area contributed by atoms with Crippen molar-refractivity contribution in [3.8, 4) is 0 Å². The molecule has 0 bridgehead atoms. The van der Waals surface area contributed by atoms with Crippen molar-refractivity contribution >= 4 is 11.6 Å². The smallest absolute Gasteiger partial charge is 0.225 e. The van der Waals surface area contributed by atoms with Crippen LogP contribution in [0.3, 0.4) is 0 Å². The number of carbonyl (C=O) groups is 1. The Morgan fingerprint density at radius 3 is 2.50 bits per heavy atom. The normalized spacial score (nSPS) is 10.3. The summed E-state index contributed by atoms with van der Waals surface area (Å²) in [4.78, 5) is 11.5. The Hall–Kier alpha value is -1.35. The standard InChI is InChI=1S/C15H24N2O/c1-3-4-5-6-13-7-9-14(10-8-13)17-15(18)11-12-16-2/h7-10,16H,3-6,11-12H2,1-2H3,(H,17,18). The van der Waals surface area contributed by atoms with Crippen LogP contribution in [0.2, 0.25) is 0 Å². The zero-order valence-corrected chi connectivity index (χ0v) is 11.5. The SMILES string of the molecule is CCCCCc1ccc(NC(=O)CCNC)cc1. The highest BCUT2D eigenvalue weighted by molar-refractivity contribution is 5.90. The van der Waals surface area contributed by atoms with E-state index < -0.39 is 0 Å². The maximum Gasteiger partial charge on any atom is 0.225 e. The average molecular weight is 248 g/mol. The molecule has 1 aromatic rings. The fourth-order valence-corrected chi connectivity index (χ4v) is 1.80. The fraction of sp³-hybridized carbons (Fsp3) is 0.533. The predicted octanol–water partition coefficient (Wildman–Crippen LogP) is 2.97. The Balaban J connectivity index is 2.37. The summed E-state index contributed by atoms with van der Waals surface area (Å²) in [5.41, 5.74) is 2.23. The third-order valence-corrected chi connectivity index (χ3v) is 2.91. The van der Waals surface area contributed by atoms with Crippen LogP contribution in [0.25, 0.3) is 0 Å². The second-order valence-corrected chi connectivity index (χ2v) is 4.56. The Bertz CT molecular complexity index is 346. The van der Waals surface area contributed by atoms with Gasteiger partial charge >= 0.3 is 0 Å². The number of amides is 1. The van der Waals surface area contributed by atoms with E-state index in [-0.39, 0.29) is 5.91 Å². The lowest BCUT2D eigenvalue weighted by atomic mass is 10.1. The van der Waals surface area contributed by atoms with Crippen molar-refractivity contribution in [2.75, 3.05) is 18.9 Å². The molecule has 3 heteroatoms. The Morgan fingerprint density at radius 1 is 1.17 bits per heavy atom. The number of unbranched alkanes of at least 4 members (excludes halogenated alkanes) is 2. The number of benzene rings is 1. The maximum atomic E-state index is 11.5. The van der Waals surface area contributed by atoms with Crippen LogP contribution in [0.15, 0.2) is 24.3 Å². The molecule has 0 fully saturated rings. The van der Waals surface area contributed by atoms with E-state index in [4.69, 9.17) is 0 Å². The van der Waals surface area contributed by atoms with Crippen LogP contribution in [-0.4, -0.2) is 19.5 Å². The zero-order valence-electron chi connectivity index (χ0n) is 11.5. The lowest BCUT2D eigenvalue weighted by Gasteiger charge is -2.06. The van der Waals surface area contributed by atoms with E-state index in [9.17, 15) is 4.79 Å². The molecule has 0 radical (unpaired) electrons. The van der Waals surface area contributed by atoms with Gasteiger partial charge in [0.15, 0.2) is 0 Å². The first-order chi connectivity index (χ1) is 8.76. The molecule has 0 aliphatic rings. The number of anilines is 1. The second-order valence-electron chi connectivity index (χ2n) is 4.56. The van der Waals surface area contributed by atoms with E-state index in [0.717, 1.165) is 12.1 Å². The van der Waals surface area contributed by atoms with Gasteiger partial charge in [-0.15, -0.1) is 0 Å². The molecule has 0 saturated carbocycles. The van der Waals surface area contributed by atoms with Gasteiger partial charge in [0.2, 0.25) is 5.91 Å². The molecule has 0 atom stereocenters. The summed E-state index contributed by atoms with van der Waals surface area (Å²) >= 11 is 0. The fourth-order valence-electron chi connectivity index (χ4n) is 1.80. The average Bonchev–Trinajstić information content (AvgIpc) is 2.39.